The van der Waals surface area contributed by atoms with E-state index >= 15 is 0 Å². The quantitative estimate of drug-likeness (QED) is 0.652. The summed E-state index contributed by atoms with van der Waals surface area (Å²) in [5.74, 6) is 0. The van der Waals surface area contributed by atoms with Gasteiger partial charge in [-0.15, -0.1) is 0 Å². The molecule has 0 bridgehead atoms. The van der Waals surface area contributed by atoms with Crippen LogP contribution in [-0.4, -0.2) is 7.05 Å². The molecular weight excluding hydrogens is 158 g/mol. The van der Waals surface area contributed by atoms with Gasteiger partial charge in [0.25, 0.3) is 0 Å². The maximum absolute atomic E-state index is 3.00. The van der Waals surface area contributed by atoms with Crippen LogP contribution in [0.3, 0.4) is 0 Å². The first kappa shape index (κ1) is 12.0. The molecule has 0 atom stereocenters. The highest BCUT2D eigenvalue weighted by Crippen LogP contribution is 2.17. The Morgan fingerprint density at radius 2 is 1.92 bits per heavy atom. The van der Waals surface area contributed by atoms with Gasteiger partial charge in [0.15, 0.2) is 0 Å². The van der Waals surface area contributed by atoms with Crippen molar-refractivity contribution in [3.63, 3.8) is 0 Å². The molecule has 0 aliphatic rings. The van der Waals surface area contributed by atoms with Gasteiger partial charge < -0.3 is 5.32 Å². The minimum Gasteiger partial charge on any atom is -0.394 e. The lowest BCUT2D eigenvalue weighted by Crippen LogP contribution is -1.93. The molecular formula is C12H21N. The van der Waals surface area contributed by atoms with E-state index in [1.807, 2.05) is 13.2 Å². The molecule has 0 unspecified atom stereocenters. The smallest absolute Gasteiger partial charge is 0.00277 e. The lowest BCUT2D eigenvalue weighted by atomic mass is 10.0. The van der Waals surface area contributed by atoms with E-state index in [0.29, 0.717) is 0 Å². The van der Waals surface area contributed by atoms with Gasteiger partial charge in [0.1, 0.15) is 0 Å². The number of rotatable bonds is 4. The Labute approximate surface area is 82.2 Å². The molecule has 13 heavy (non-hydrogen) atoms. The van der Waals surface area contributed by atoms with Gasteiger partial charge in [-0.05, 0) is 50.6 Å². The fourth-order valence-corrected chi connectivity index (χ4v) is 1.12. The van der Waals surface area contributed by atoms with Crippen LogP contribution >= 0.6 is 0 Å². The van der Waals surface area contributed by atoms with Crippen molar-refractivity contribution in [2.75, 3.05) is 7.05 Å². The van der Waals surface area contributed by atoms with Crippen molar-refractivity contribution in [2.45, 2.75) is 34.1 Å². The Morgan fingerprint density at radius 3 is 2.31 bits per heavy atom. The number of nitrogens with one attached hydrogen (secondary N) is 1. The predicted molar refractivity (Wildman–Crippen MR) is 60.6 cm³/mol. The first-order valence-corrected chi connectivity index (χ1v) is 4.84. The van der Waals surface area contributed by atoms with Crippen LogP contribution in [0.1, 0.15) is 34.1 Å². The summed E-state index contributed by atoms with van der Waals surface area (Å²) < 4.78 is 0. The second kappa shape index (κ2) is 6.53. The highest BCUT2D eigenvalue weighted by Gasteiger charge is 1.97. The molecule has 0 aromatic carbocycles. The third kappa shape index (κ3) is 3.97. The van der Waals surface area contributed by atoms with Crippen molar-refractivity contribution in [3.8, 4) is 0 Å². The summed E-state index contributed by atoms with van der Waals surface area (Å²) in [5.41, 5.74) is 4.14. The standard InChI is InChI=1S/C12H21N/c1-6-10(3)11(4)12(7-2)8-9-13-5/h7-9,13H,6H2,1-5H3/b9-8-,11-10-,12-7-. The van der Waals surface area contributed by atoms with E-state index in [2.05, 4.69) is 45.2 Å². The molecule has 1 nitrogen and oxygen atoms in total. The Bertz CT molecular complexity index is 232. The Balaban J connectivity index is 4.71. The van der Waals surface area contributed by atoms with E-state index in [-0.39, 0.29) is 0 Å². The fraction of sp³-hybridized carbons (Fsp3) is 0.500. The van der Waals surface area contributed by atoms with Crippen LogP contribution in [0, 0.1) is 0 Å². The molecule has 1 heteroatoms. The van der Waals surface area contributed by atoms with Crippen molar-refractivity contribution < 1.29 is 0 Å². The summed E-state index contributed by atoms with van der Waals surface area (Å²) in [7, 11) is 1.91. The van der Waals surface area contributed by atoms with Crippen molar-refractivity contribution in [1.82, 2.24) is 5.32 Å². The minimum absolute atomic E-state index is 1.12. The number of hydrogen-bond acceptors (Lipinski definition) is 1. The topological polar surface area (TPSA) is 12.0 Å². The molecule has 0 fully saturated rings. The zero-order chi connectivity index (χ0) is 10.3. The average Bonchev–Trinajstić information content (AvgIpc) is 2.17. The zero-order valence-electron chi connectivity index (χ0n) is 9.44. The molecule has 0 amide bonds. The predicted octanol–water partition coefficient (Wildman–Crippen LogP) is 3.41. The Morgan fingerprint density at radius 1 is 1.31 bits per heavy atom. The summed E-state index contributed by atoms with van der Waals surface area (Å²) in [5, 5.41) is 3.00. The Kier molecular flexibility index (Phi) is 6.03. The highest BCUT2D eigenvalue weighted by molar-refractivity contribution is 5.40. The normalized spacial score (nSPS) is 14.7. The maximum Gasteiger partial charge on any atom is 0.00277 e. The van der Waals surface area contributed by atoms with E-state index in [0.717, 1.165) is 6.42 Å². The van der Waals surface area contributed by atoms with Crippen LogP contribution in [0.4, 0.5) is 0 Å². The Hall–Kier alpha value is -0.980. The molecule has 0 aromatic heterocycles. The zero-order valence-corrected chi connectivity index (χ0v) is 9.44. The summed E-state index contributed by atoms with van der Waals surface area (Å²) >= 11 is 0. The molecule has 0 spiro atoms. The third-order valence-electron chi connectivity index (χ3n) is 2.34. The fourth-order valence-electron chi connectivity index (χ4n) is 1.12. The lowest BCUT2D eigenvalue weighted by Gasteiger charge is -2.06. The highest BCUT2D eigenvalue weighted by atomic mass is 14.8. The summed E-state index contributed by atoms with van der Waals surface area (Å²) in [6.45, 7) is 8.62. The largest absolute Gasteiger partial charge is 0.394 e. The van der Waals surface area contributed by atoms with Crippen LogP contribution in [0.2, 0.25) is 0 Å². The van der Waals surface area contributed by atoms with Crippen LogP contribution < -0.4 is 5.32 Å². The first-order valence-electron chi connectivity index (χ1n) is 4.84. The molecule has 0 heterocycles. The van der Waals surface area contributed by atoms with Crippen molar-refractivity contribution >= 4 is 0 Å². The van der Waals surface area contributed by atoms with Crippen molar-refractivity contribution in [2.24, 2.45) is 0 Å². The van der Waals surface area contributed by atoms with Crippen molar-refractivity contribution in [1.29, 1.82) is 0 Å². The van der Waals surface area contributed by atoms with Crippen LogP contribution in [0.5, 0.6) is 0 Å². The van der Waals surface area contributed by atoms with Gasteiger partial charge in [-0.1, -0.05) is 18.6 Å². The van der Waals surface area contributed by atoms with E-state index < -0.39 is 0 Å². The van der Waals surface area contributed by atoms with Crippen molar-refractivity contribution in [3.05, 3.63) is 35.1 Å². The molecule has 0 rings (SSSR count). The molecule has 0 radical (unpaired) electrons. The van der Waals surface area contributed by atoms with Crippen LogP contribution in [0.15, 0.2) is 35.1 Å². The molecule has 0 aromatic rings. The van der Waals surface area contributed by atoms with Gasteiger partial charge in [-0.25, -0.2) is 0 Å². The number of hydrogen-bond donors (Lipinski definition) is 1. The second-order valence-electron chi connectivity index (χ2n) is 3.12. The molecule has 0 saturated carbocycles. The van der Waals surface area contributed by atoms with Gasteiger partial charge in [-0.2, -0.15) is 0 Å². The molecule has 0 aliphatic heterocycles. The van der Waals surface area contributed by atoms with Crippen LogP contribution in [0.25, 0.3) is 0 Å². The second-order valence-corrected chi connectivity index (χ2v) is 3.12. The summed E-state index contributed by atoms with van der Waals surface area (Å²) in [6.07, 6.45) is 7.33. The van der Waals surface area contributed by atoms with Gasteiger partial charge in [0.05, 0.1) is 0 Å². The SMILES string of the molecule is C/C=C(/C=C\NC)C(\C)=C(\C)CC. The monoisotopic (exact) mass is 179 g/mol. The van der Waals surface area contributed by atoms with E-state index in [4.69, 9.17) is 0 Å². The lowest BCUT2D eigenvalue weighted by molar-refractivity contribution is 1.06. The molecule has 0 aliphatic carbocycles. The average molecular weight is 179 g/mol. The van der Waals surface area contributed by atoms with E-state index in [1.165, 1.54) is 16.7 Å². The summed E-state index contributed by atoms with van der Waals surface area (Å²) in [4.78, 5) is 0. The van der Waals surface area contributed by atoms with Gasteiger partial charge in [0, 0.05) is 7.05 Å². The van der Waals surface area contributed by atoms with Gasteiger partial charge in [0.2, 0.25) is 0 Å². The molecule has 74 valence electrons. The molecule has 0 saturated heterocycles. The molecule has 1 N–H and O–H groups in total. The number of allylic oxidation sites excluding steroid dienone is 5. The minimum atomic E-state index is 1.12. The van der Waals surface area contributed by atoms with E-state index in [1.54, 1.807) is 0 Å². The first-order chi connectivity index (χ1) is 6.17. The van der Waals surface area contributed by atoms with E-state index in [9.17, 15) is 0 Å². The van der Waals surface area contributed by atoms with Gasteiger partial charge >= 0.3 is 0 Å². The van der Waals surface area contributed by atoms with Crippen LogP contribution in [-0.2, 0) is 0 Å². The summed E-state index contributed by atoms with van der Waals surface area (Å²) in [6, 6.07) is 0. The maximum atomic E-state index is 3.00. The van der Waals surface area contributed by atoms with Gasteiger partial charge in [-0.3, -0.25) is 0 Å². The third-order valence-corrected chi connectivity index (χ3v) is 2.34.